The molecule has 0 unspecified atom stereocenters. The minimum Gasteiger partial charge on any atom is -0.303 e. The summed E-state index contributed by atoms with van der Waals surface area (Å²) in [6.45, 7) is 13.1. The van der Waals surface area contributed by atoms with Gasteiger partial charge in [0.15, 0.2) is 0 Å². The molecule has 0 N–H and O–H groups in total. The maximum Gasteiger partial charge on any atom is 0.0923 e. The molecule has 0 aromatic heterocycles. The number of piperidine rings is 1. The van der Waals surface area contributed by atoms with Gasteiger partial charge in [-0.15, -0.1) is 6.58 Å². The molecule has 15 heavy (non-hydrogen) atoms. The fourth-order valence-corrected chi connectivity index (χ4v) is 1.71. The van der Waals surface area contributed by atoms with E-state index in [0.717, 1.165) is 38.9 Å². The van der Waals surface area contributed by atoms with Gasteiger partial charge in [-0.1, -0.05) is 19.4 Å². The molecule has 1 heterocycles. The molecule has 0 aromatic carbocycles. The van der Waals surface area contributed by atoms with Gasteiger partial charge in [-0.3, -0.25) is 4.39 Å². The minimum atomic E-state index is -0.131. The first-order valence-electron chi connectivity index (χ1n) is 6.15. The average molecular weight is 215 g/mol. The Labute approximate surface area is 94.4 Å². The number of hydrogen-bond donors (Lipinski definition) is 0. The lowest BCUT2D eigenvalue weighted by molar-refractivity contribution is 0.167. The van der Waals surface area contributed by atoms with E-state index < -0.39 is 0 Å². The highest BCUT2D eigenvalue weighted by molar-refractivity contribution is 4.89. The molecule has 0 atom stereocenters. The largest absolute Gasteiger partial charge is 0.303 e. The molecule has 0 spiro atoms. The third-order valence-electron chi connectivity index (χ3n) is 2.78. The molecule has 1 aliphatic heterocycles. The number of hydrogen-bond acceptors (Lipinski definition) is 1. The van der Waals surface area contributed by atoms with E-state index in [2.05, 4.69) is 18.4 Å². The quantitative estimate of drug-likeness (QED) is 0.647. The van der Waals surface area contributed by atoms with E-state index in [1.807, 2.05) is 13.8 Å². The number of likely N-dealkylation sites (tertiary alicyclic amines) is 1. The molecule has 0 radical (unpaired) electrons. The van der Waals surface area contributed by atoms with Crippen LogP contribution in [0.2, 0.25) is 0 Å². The van der Waals surface area contributed by atoms with Crippen molar-refractivity contribution < 1.29 is 4.39 Å². The van der Waals surface area contributed by atoms with Crippen molar-refractivity contribution in [1.29, 1.82) is 0 Å². The predicted molar refractivity (Wildman–Crippen MR) is 65.9 cm³/mol. The van der Waals surface area contributed by atoms with Crippen LogP contribution < -0.4 is 0 Å². The van der Waals surface area contributed by atoms with Crippen molar-refractivity contribution in [3.8, 4) is 0 Å². The van der Waals surface area contributed by atoms with Crippen LogP contribution in [0.1, 0.15) is 40.0 Å². The standard InChI is InChI=1S/C11H20FN.C2H6/c1-10(2)3-6-13-7-4-11(9-12)5-8-13;1-2/h11H,1,3-9H2,2H3;1-2H3. The highest BCUT2D eigenvalue weighted by atomic mass is 19.1. The van der Waals surface area contributed by atoms with Crippen LogP contribution in [-0.4, -0.2) is 31.2 Å². The Morgan fingerprint density at radius 2 is 1.87 bits per heavy atom. The molecule has 1 fully saturated rings. The molecule has 90 valence electrons. The number of halogens is 1. The predicted octanol–water partition coefficient (Wildman–Crippen LogP) is 3.66. The van der Waals surface area contributed by atoms with Gasteiger partial charge in [-0.2, -0.15) is 0 Å². The van der Waals surface area contributed by atoms with Crippen molar-refractivity contribution in [3.63, 3.8) is 0 Å². The summed E-state index contributed by atoms with van der Waals surface area (Å²) in [6.07, 6.45) is 3.15. The van der Waals surface area contributed by atoms with Crippen molar-refractivity contribution in [2.45, 2.75) is 40.0 Å². The SMILES string of the molecule is C=C(C)CCN1CCC(CF)CC1.CC. The van der Waals surface area contributed by atoms with Gasteiger partial charge in [-0.05, 0) is 45.2 Å². The van der Waals surface area contributed by atoms with E-state index in [-0.39, 0.29) is 6.67 Å². The van der Waals surface area contributed by atoms with Gasteiger partial charge in [0.05, 0.1) is 6.67 Å². The Kier molecular flexibility index (Phi) is 8.68. The topological polar surface area (TPSA) is 3.24 Å². The lowest BCUT2D eigenvalue weighted by atomic mass is 9.98. The second-order valence-electron chi connectivity index (χ2n) is 4.15. The Morgan fingerprint density at radius 3 is 2.27 bits per heavy atom. The van der Waals surface area contributed by atoms with E-state index in [1.165, 1.54) is 5.57 Å². The van der Waals surface area contributed by atoms with Gasteiger partial charge in [0.2, 0.25) is 0 Å². The lowest BCUT2D eigenvalue weighted by Crippen LogP contribution is -2.35. The summed E-state index contributed by atoms with van der Waals surface area (Å²) in [4.78, 5) is 2.42. The molecule has 1 nitrogen and oxygen atoms in total. The van der Waals surface area contributed by atoms with E-state index in [4.69, 9.17) is 0 Å². The van der Waals surface area contributed by atoms with E-state index in [9.17, 15) is 4.39 Å². The maximum absolute atomic E-state index is 12.3. The van der Waals surface area contributed by atoms with Crippen molar-refractivity contribution in [1.82, 2.24) is 4.90 Å². The second kappa shape index (κ2) is 8.90. The van der Waals surface area contributed by atoms with Crippen LogP contribution in [0, 0.1) is 5.92 Å². The first kappa shape index (κ1) is 14.6. The van der Waals surface area contributed by atoms with Crippen molar-refractivity contribution in [3.05, 3.63) is 12.2 Å². The molecule has 0 bridgehead atoms. The fraction of sp³-hybridized carbons (Fsp3) is 0.846. The highest BCUT2D eigenvalue weighted by Gasteiger charge is 2.18. The highest BCUT2D eigenvalue weighted by Crippen LogP contribution is 2.17. The average Bonchev–Trinajstić information content (AvgIpc) is 2.30. The van der Waals surface area contributed by atoms with Gasteiger partial charge < -0.3 is 4.90 Å². The third-order valence-corrected chi connectivity index (χ3v) is 2.78. The first-order chi connectivity index (χ1) is 7.22. The number of nitrogens with zero attached hydrogens (tertiary/aromatic N) is 1. The molecule has 0 saturated carbocycles. The number of alkyl halides is 1. The Hall–Kier alpha value is -0.370. The Bertz CT molecular complexity index is 160. The molecule has 0 aromatic rings. The Morgan fingerprint density at radius 1 is 1.33 bits per heavy atom. The summed E-state index contributed by atoms with van der Waals surface area (Å²) in [5, 5.41) is 0. The van der Waals surface area contributed by atoms with E-state index >= 15 is 0 Å². The smallest absolute Gasteiger partial charge is 0.0923 e. The van der Waals surface area contributed by atoms with Gasteiger partial charge in [0.1, 0.15) is 0 Å². The zero-order valence-electron chi connectivity index (χ0n) is 10.6. The molecule has 1 aliphatic rings. The molecule has 0 aliphatic carbocycles. The van der Waals surface area contributed by atoms with Crippen molar-refractivity contribution in [2.24, 2.45) is 5.92 Å². The molecule has 2 heteroatoms. The van der Waals surface area contributed by atoms with Crippen LogP contribution in [0.5, 0.6) is 0 Å². The van der Waals surface area contributed by atoms with Crippen LogP contribution in [0.4, 0.5) is 4.39 Å². The summed E-state index contributed by atoms with van der Waals surface area (Å²) in [5.41, 5.74) is 1.24. The minimum absolute atomic E-state index is 0.131. The van der Waals surface area contributed by atoms with Crippen molar-refractivity contribution >= 4 is 0 Å². The van der Waals surface area contributed by atoms with Gasteiger partial charge in [0.25, 0.3) is 0 Å². The molecule has 1 saturated heterocycles. The third kappa shape index (κ3) is 6.67. The maximum atomic E-state index is 12.3. The molecular formula is C13H26FN. The molecular weight excluding hydrogens is 189 g/mol. The number of rotatable bonds is 4. The Balaban J connectivity index is 0.000000921. The monoisotopic (exact) mass is 215 g/mol. The van der Waals surface area contributed by atoms with Crippen LogP contribution >= 0.6 is 0 Å². The van der Waals surface area contributed by atoms with E-state index in [1.54, 1.807) is 0 Å². The fourth-order valence-electron chi connectivity index (χ4n) is 1.71. The normalized spacial score (nSPS) is 18.1. The summed E-state index contributed by atoms with van der Waals surface area (Å²) in [5.74, 6) is 0.334. The van der Waals surface area contributed by atoms with Crippen LogP contribution in [0.3, 0.4) is 0 Å². The van der Waals surface area contributed by atoms with Crippen LogP contribution in [-0.2, 0) is 0 Å². The zero-order chi connectivity index (χ0) is 11.7. The zero-order valence-corrected chi connectivity index (χ0v) is 10.6. The van der Waals surface area contributed by atoms with Gasteiger partial charge >= 0.3 is 0 Å². The second-order valence-corrected chi connectivity index (χ2v) is 4.15. The van der Waals surface area contributed by atoms with Crippen LogP contribution in [0.25, 0.3) is 0 Å². The summed E-state index contributed by atoms with van der Waals surface area (Å²) in [7, 11) is 0. The van der Waals surface area contributed by atoms with Gasteiger partial charge in [-0.25, -0.2) is 0 Å². The summed E-state index contributed by atoms with van der Waals surface area (Å²) >= 11 is 0. The first-order valence-corrected chi connectivity index (χ1v) is 6.15. The summed E-state index contributed by atoms with van der Waals surface area (Å²) < 4.78 is 12.3. The van der Waals surface area contributed by atoms with Crippen LogP contribution in [0.15, 0.2) is 12.2 Å². The molecule has 0 amide bonds. The molecule has 1 rings (SSSR count). The van der Waals surface area contributed by atoms with Crippen molar-refractivity contribution in [2.75, 3.05) is 26.3 Å². The van der Waals surface area contributed by atoms with E-state index in [0.29, 0.717) is 5.92 Å². The summed E-state index contributed by atoms with van der Waals surface area (Å²) in [6, 6.07) is 0. The van der Waals surface area contributed by atoms with Gasteiger partial charge in [0, 0.05) is 6.54 Å². The lowest BCUT2D eigenvalue weighted by Gasteiger charge is -2.30.